The molecule has 1 aromatic heterocycles. The second-order valence-corrected chi connectivity index (χ2v) is 7.41. The van der Waals surface area contributed by atoms with Crippen LogP contribution in [0.3, 0.4) is 0 Å². The van der Waals surface area contributed by atoms with Gasteiger partial charge in [0.05, 0.1) is 26.2 Å². The molecule has 0 atom stereocenters. The van der Waals surface area contributed by atoms with E-state index >= 15 is 0 Å². The van der Waals surface area contributed by atoms with E-state index in [0.29, 0.717) is 5.58 Å². The van der Waals surface area contributed by atoms with E-state index in [4.69, 9.17) is 4.42 Å². The first kappa shape index (κ1) is 17.7. The first-order chi connectivity index (χ1) is 13.0. The van der Waals surface area contributed by atoms with Crippen molar-refractivity contribution in [3.8, 4) is 0 Å². The van der Waals surface area contributed by atoms with Crippen molar-refractivity contribution in [2.45, 2.75) is 20.4 Å². The molecular weight excluding hydrogens is 343 g/mol. The van der Waals surface area contributed by atoms with E-state index < -0.39 is 0 Å². The Kier molecular flexibility index (Phi) is 4.70. The van der Waals surface area contributed by atoms with Crippen molar-refractivity contribution < 1.29 is 13.7 Å². The zero-order valence-electron chi connectivity index (χ0n) is 15.7. The normalized spacial score (nSPS) is 15.4. The van der Waals surface area contributed by atoms with Crippen LogP contribution in [0.2, 0.25) is 0 Å². The highest BCUT2D eigenvalue weighted by molar-refractivity contribution is 5.81. The van der Waals surface area contributed by atoms with Crippen LogP contribution in [0.15, 0.2) is 51.7 Å². The minimum absolute atomic E-state index is 0.205. The van der Waals surface area contributed by atoms with E-state index in [2.05, 4.69) is 17.9 Å². The Bertz CT molecular complexity index is 1020. The molecule has 3 aromatic rings. The minimum Gasteiger partial charge on any atom is -0.423 e. The van der Waals surface area contributed by atoms with Crippen molar-refractivity contribution >= 4 is 16.7 Å². The van der Waals surface area contributed by atoms with Crippen LogP contribution >= 0.6 is 0 Å². The summed E-state index contributed by atoms with van der Waals surface area (Å²) in [7, 11) is 0. The van der Waals surface area contributed by atoms with Gasteiger partial charge in [0.15, 0.2) is 0 Å². The zero-order valence-corrected chi connectivity index (χ0v) is 15.7. The molecule has 1 N–H and O–H groups in total. The monoisotopic (exact) mass is 367 g/mol. The Morgan fingerprint density at radius 1 is 1.04 bits per heavy atom. The number of anilines is 1. The Morgan fingerprint density at radius 3 is 2.41 bits per heavy atom. The average molecular weight is 367 g/mol. The van der Waals surface area contributed by atoms with Gasteiger partial charge in [-0.05, 0) is 61.4 Å². The quantitative estimate of drug-likeness (QED) is 0.723. The van der Waals surface area contributed by atoms with Crippen LogP contribution in [0.25, 0.3) is 11.0 Å². The zero-order chi connectivity index (χ0) is 19.0. The summed E-state index contributed by atoms with van der Waals surface area (Å²) in [6.45, 7) is 8.70. The number of rotatable bonds is 3. The van der Waals surface area contributed by atoms with E-state index in [0.717, 1.165) is 54.9 Å². The summed E-state index contributed by atoms with van der Waals surface area (Å²) in [5.74, 6) is -0.205. The lowest BCUT2D eigenvalue weighted by molar-refractivity contribution is -0.914. The number of halogens is 1. The number of fused-ring (bicyclic) bond motifs is 1. The summed E-state index contributed by atoms with van der Waals surface area (Å²) >= 11 is 0. The summed E-state index contributed by atoms with van der Waals surface area (Å²) in [4.78, 5) is 15.7. The van der Waals surface area contributed by atoms with Gasteiger partial charge >= 0.3 is 5.63 Å². The van der Waals surface area contributed by atoms with E-state index in [1.807, 2.05) is 25.1 Å². The molecular formula is C22H24FN2O2+. The summed E-state index contributed by atoms with van der Waals surface area (Å²) in [6, 6.07) is 12.4. The van der Waals surface area contributed by atoms with E-state index in [1.165, 1.54) is 22.6 Å². The third-order valence-electron chi connectivity index (χ3n) is 5.55. The number of hydrogen-bond donors (Lipinski definition) is 1. The second kappa shape index (κ2) is 7.16. The fourth-order valence-electron chi connectivity index (χ4n) is 3.81. The number of nitrogens with zero attached hydrogens (tertiary/aromatic N) is 1. The molecule has 1 fully saturated rings. The first-order valence-electron chi connectivity index (χ1n) is 9.38. The average Bonchev–Trinajstić information content (AvgIpc) is 2.65. The number of piperazine rings is 1. The van der Waals surface area contributed by atoms with Crippen molar-refractivity contribution in [1.82, 2.24) is 0 Å². The Hall–Kier alpha value is -2.66. The Morgan fingerprint density at radius 2 is 1.70 bits per heavy atom. The molecule has 0 unspecified atom stereocenters. The predicted molar refractivity (Wildman–Crippen MR) is 105 cm³/mol. The van der Waals surface area contributed by atoms with Gasteiger partial charge in [-0.3, -0.25) is 0 Å². The Balaban J connectivity index is 1.51. The van der Waals surface area contributed by atoms with Crippen LogP contribution in [0.4, 0.5) is 10.1 Å². The van der Waals surface area contributed by atoms with Gasteiger partial charge in [0, 0.05) is 22.7 Å². The van der Waals surface area contributed by atoms with Crippen LogP contribution in [0.1, 0.15) is 16.7 Å². The molecule has 1 aliphatic heterocycles. The fourth-order valence-corrected chi connectivity index (χ4v) is 3.81. The van der Waals surface area contributed by atoms with Gasteiger partial charge in [-0.2, -0.15) is 0 Å². The lowest BCUT2D eigenvalue weighted by Crippen LogP contribution is -3.13. The van der Waals surface area contributed by atoms with Gasteiger partial charge in [-0.25, -0.2) is 9.18 Å². The van der Waals surface area contributed by atoms with Gasteiger partial charge in [0.2, 0.25) is 0 Å². The molecule has 0 bridgehead atoms. The van der Waals surface area contributed by atoms with E-state index in [1.54, 1.807) is 6.07 Å². The highest BCUT2D eigenvalue weighted by Gasteiger charge is 2.22. The third-order valence-corrected chi connectivity index (χ3v) is 5.55. The molecule has 1 aliphatic rings. The van der Waals surface area contributed by atoms with E-state index in [9.17, 15) is 9.18 Å². The van der Waals surface area contributed by atoms with Gasteiger partial charge in [-0.15, -0.1) is 0 Å². The van der Waals surface area contributed by atoms with Gasteiger partial charge in [-0.1, -0.05) is 0 Å². The van der Waals surface area contributed by atoms with Crippen LogP contribution in [0, 0.1) is 19.7 Å². The molecule has 0 radical (unpaired) electrons. The lowest BCUT2D eigenvalue weighted by atomic mass is 10.0. The van der Waals surface area contributed by atoms with Crippen LogP contribution in [0.5, 0.6) is 0 Å². The summed E-state index contributed by atoms with van der Waals surface area (Å²) in [5.41, 5.74) is 4.83. The largest absolute Gasteiger partial charge is 0.423 e. The molecule has 2 aromatic carbocycles. The van der Waals surface area contributed by atoms with Crippen molar-refractivity contribution in [1.29, 1.82) is 0 Å². The Labute approximate surface area is 157 Å². The van der Waals surface area contributed by atoms with E-state index in [-0.39, 0.29) is 11.4 Å². The maximum absolute atomic E-state index is 13.1. The molecule has 4 nitrogen and oxygen atoms in total. The smallest absolute Gasteiger partial charge is 0.336 e. The van der Waals surface area contributed by atoms with Crippen LogP contribution in [-0.2, 0) is 6.54 Å². The number of hydrogen-bond acceptors (Lipinski definition) is 3. The van der Waals surface area contributed by atoms with Gasteiger partial charge in [0.25, 0.3) is 0 Å². The molecule has 140 valence electrons. The number of quaternary nitrogens is 1. The standard InChI is InChI=1S/C22H23FN2O2/c1-15-11-20-17(13-22(26)27-21(20)12-16(15)2)14-24-7-9-25(10-8-24)19-5-3-18(23)4-6-19/h3-6,11-13H,7-10,14H2,1-2H3/p+1. The highest BCUT2D eigenvalue weighted by atomic mass is 19.1. The molecule has 2 heterocycles. The van der Waals surface area contributed by atoms with Crippen molar-refractivity contribution in [3.63, 3.8) is 0 Å². The van der Waals surface area contributed by atoms with Crippen LogP contribution < -0.4 is 15.4 Å². The molecule has 0 spiro atoms. The highest BCUT2D eigenvalue weighted by Crippen LogP contribution is 2.21. The van der Waals surface area contributed by atoms with Crippen molar-refractivity contribution in [3.05, 3.63) is 75.4 Å². The summed E-state index contributed by atoms with van der Waals surface area (Å²) in [6.07, 6.45) is 0. The van der Waals surface area contributed by atoms with Crippen molar-refractivity contribution in [2.24, 2.45) is 0 Å². The predicted octanol–water partition coefficient (Wildman–Crippen LogP) is 2.45. The topological polar surface area (TPSA) is 37.9 Å². The number of nitrogens with one attached hydrogen (secondary N) is 1. The summed E-state index contributed by atoms with van der Waals surface area (Å²) < 4.78 is 18.5. The molecule has 0 aliphatic carbocycles. The first-order valence-corrected chi connectivity index (χ1v) is 9.38. The van der Waals surface area contributed by atoms with Gasteiger partial charge in [0.1, 0.15) is 17.9 Å². The molecule has 0 amide bonds. The maximum Gasteiger partial charge on any atom is 0.336 e. The molecule has 4 rings (SSSR count). The second-order valence-electron chi connectivity index (χ2n) is 7.41. The number of aryl methyl sites for hydroxylation is 2. The molecule has 0 saturated carbocycles. The third kappa shape index (κ3) is 3.74. The SMILES string of the molecule is Cc1cc2oc(=O)cc(C[NH+]3CCN(c4ccc(F)cc4)CC3)c2cc1C. The van der Waals surface area contributed by atoms with Crippen LogP contribution in [-0.4, -0.2) is 26.2 Å². The molecule has 1 saturated heterocycles. The lowest BCUT2D eigenvalue weighted by Gasteiger charge is -2.33. The minimum atomic E-state index is -0.287. The molecule has 5 heteroatoms. The summed E-state index contributed by atoms with van der Waals surface area (Å²) in [5, 5.41) is 1.03. The maximum atomic E-state index is 13.1. The number of benzene rings is 2. The molecule has 27 heavy (non-hydrogen) atoms. The fraction of sp³-hybridized carbons (Fsp3) is 0.318. The van der Waals surface area contributed by atoms with Crippen molar-refractivity contribution in [2.75, 3.05) is 31.1 Å². The van der Waals surface area contributed by atoms with Gasteiger partial charge < -0.3 is 14.2 Å².